The molecule has 1 atom stereocenters. The first-order valence-corrected chi connectivity index (χ1v) is 6.63. The molecule has 2 aromatic rings. The molecular formula is C17H16N2O2. The normalized spacial score (nSPS) is 11.3. The van der Waals surface area contributed by atoms with Crippen LogP contribution in [0.3, 0.4) is 0 Å². The molecule has 0 aliphatic rings. The molecule has 0 fully saturated rings. The maximum absolute atomic E-state index is 12.1. The van der Waals surface area contributed by atoms with Crippen molar-refractivity contribution in [2.75, 3.05) is 5.32 Å². The van der Waals surface area contributed by atoms with Crippen molar-refractivity contribution in [2.24, 2.45) is 0 Å². The predicted octanol–water partition coefficient (Wildman–Crippen LogP) is 3.27. The van der Waals surface area contributed by atoms with Gasteiger partial charge in [-0.2, -0.15) is 5.26 Å². The van der Waals surface area contributed by atoms with Gasteiger partial charge in [0.2, 0.25) is 0 Å². The van der Waals surface area contributed by atoms with Crippen LogP contribution in [0.1, 0.15) is 18.1 Å². The second-order valence-electron chi connectivity index (χ2n) is 4.72. The van der Waals surface area contributed by atoms with Gasteiger partial charge in [-0.15, -0.1) is 0 Å². The topological polar surface area (TPSA) is 62.1 Å². The number of benzene rings is 2. The summed E-state index contributed by atoms with van der Waals surface area (Å²) in [7, 11) is 0. The lowest BCUT2D eigenvalue weighted by Gasteiger charge is -2.15. The number of nitrogens with one attached hydrogen (secondary N) is 1. The van der Waals surface area contributed by atoms with Crippen molar-refractivity contribution in [1.29, 1.82) is 5.26 Å². The van der Waals surface area contributed by atoms with E-state index in [4.69, 9.17) is 10.00 Å². The summed E-state index contributed by atoms with van der Waals surface area (Å²) in [6.07, 6.45) is -0.653. The highest BCUT2D eigenvalue weighted by atomic mass is 16.5. The summed E-state index contributed by atoms with van der Waals surface area (Å²) in [5.41, 5.74) is 2.04. The van der Waals surface area contributed by atoms with E-state index in [9.17, 15) is 4.79 Å². The second-order valence-corrected chi connectivity index (χ2v) is 4.72. The molecule has 106 valence electrons. The third kappa shape index (κ3) is 3.83. The Morgan fingerprint density at radius 1 is 1.19 bits per heavy atom. The van der Waals surface area contributed by atoms with Crippen LogP contribution in [-0.2, 0) is 4.79 Å². The molecule has 0 spiro atoms. The lowest BCUT2D eigenvalue weighted by molar-refractivity contribution is -0.122. The number of para-hydroxylation sites is 1. The molecule has 21 heavy (non-hydrogen) atoms. The number of nitrogens with zero attached hydrogens (tertiary/aromatic N) is 1. The number of amides is 1. The fourth-order valence-corrected chi connectivity index (χ4v) is 1.80. The molecule has 0 bridgehead atoms. The maximum Gasteiger partial charge on any atom is 0.265 e. The molecule has 0 radical (unpaired) electrons. The Morgan fingerprint density at radius 3 is 2.52 bits per heavy atom. The Morgan fingerprint density at radius 2 is 1.86 bits per heavy atom. The van der Waals surface area contributed by atoms with Crippen LogP contribution in [0.15, 0.2) is 48.5 Å². The van der Waals surface area contributed by atoms with Crippen LogP contribution in [-0.4, -0.2) is 12.0 Å². The third-order valence-electron chi connectivity index (χ3n) is 3.01. The van der Waals surface area contributed by atoms with Crippen molar-refractivity contribution in [3.05, 3.63) is 59.7 Å². The van der Waals surface area contributed by atoms with Crippen LogP contribution in [0.5, 0.6) is 5.75 Å². The summed E-state index contributed by atoms with van der Waals surface area (Å²) < 4.78 is 5.58. The molecule has 0 aliphatic heterocycles. The van der Waals surface area contributed by atoms with Gasteiger partial charge in [0.25, 0.3) is 5.91 Å². The van der Waals surface area contributed by atoms with Gasteiger partial charge in [-0.25, -0.2) is 0 Å². The van der Waals surface area contributed by atoms with E-state index in [1.807, 2.05) is 37.3 Å². The Kier molecular flexibility index (Phi) is 4.57. The number of ether oxygens (including phenoxy) is 1. The van der Waals surface area contributed by atoms with E-state index in [2.05, 4.69) is 5.32 Å². The lowest BCUT2D eigenvalue weighted by atomic mass is 10.2. The smallest absolute Gasteiger partial charge is 0.265 e. The number of hydrogen-bond donors (Lipinski definition) is 1. The third-order valence-corrected chi connectivity index (χ3v) is 3.01. The number of carbonyl (C=O) groups excluding carboxylic acids is 1. The van der Waals surface area contributed by atoms with Crippen molar-refractivity contribution in [3.8, 4) is 11.8 Å². The molecule has 4 heteroatoms. The van der Waals surface area contributed by atoms with E-state index in [0.29, 0.717) is 17.0 Å². The summed E-state index contributed by atoms with van der Waals surface area (Å²) in [6, 6.07) is 16.4. The van der Waals surface area contributed by atoms with Crippen molar-refractivity contribution < 1.29 is 9.53 Å². The summed E-state index contributed by atoms with van der Waals surface area (Å²) >= 11 is 0. The average molecular weight is 280 g/mol. The molecule has 0 saturated heterocycles. The average Bonchev–Trinajstić information content (AvgIpc) is 2.50. The maximum atomic E-state index is 12.1. The van der Waals surface area contributed by atoms with Gasteiger partial charge >= 0.3 is 0 Å². The molecule has 0 heterocycles. The van der Waals surface area contributed by atoms with E-state index in [0.717, 1.165) is 5.56 Å². The zero-order valence-electron chi connectivity index (χ0n) is 12.0. The van der Waals surface area contributed by atoms with E-state index < -0.39 is 6.10 Å². The predicted molar refractivity (Wildman–Crippen MR) is 81.1 cm³/mol. The number of carbonyl (C=O) groups is 1. The fraction of sp³-hybridized carbons (Fsp3) is 0.176. The van der Waals surface area contributed by atoms with Crippen molar-refractivity contribution >= 4 is 11.6 Å². The van der Waals surface area contributed by atoms with Crippen LogP contribution in [0, 0.1) is 18.3 Å². The van der Waals surface area contributed by atoms with Gasteiger partial charge < -0.3 is 10.1 Å². The molecule has 2 rings (SSSR count). The molecule has 1 amide bonds. The van der Waals surface area contributed by atoms with Crippen LogP contribution in [0.4, 0.5) is 5.69 Å². The van der Waals surface area contributed by atoms with Gasteiger partial charge in [-0.05, 0) is 38.1 Å². The van der Waals surface area contributed by atoms with Crippen molar-refractivity contribution in [1.82, 2.24) is 0 Å². The van der Waals surface area contributed by atoms with E-state index >= 15 is 0 Å². The number of anilines is 1. The largest absolute Gasteiger partial charge is 0.481 e. The second kappa shape index (κ2) is 6.58. The molecule has 4 nitrogen and oxygen atoms in total. The first kappa shape index (κ1) is 14.6. The zero-order valence-corrected chi connectivity index (χ0v) is 12.0. The summed E-state index contributed by atoms with van der Waals surface area (Å²) in [5.74, 6) is 0.343. The monoisotopic (exact) mass is 280 g/mol. The van der Waals surface area contributed by atoms with Crippen LogP contribution < -0.4 is 10.1 Å². The van der Waals surface area contributed by atoms with E-state index in [1.54, 1.807) is 31.2 Å². The van der Waals surface area contributed by atoms with Crippen molar-refractivity contribution in [3.63, 3.8) is 0 Å². The molecular weight excluding hydrogens is 264 g/mol. The SMILES string of the molecule is Cc1ccc(O[C@H](C)C(=O)Nc2ccccc2C#N)cc1. The standard InChI is InChI=1S/C17H16N2O2/c1-12-7-9-15(10-8-12)21-13(2)17(20)19-16-6-4-3-5-14(16)11-18/h3-10,13H,1-2H3,(H,19,20)/t13-/m1/s1. The number of aryl methyl sites for hydroxylation is 1. The minimum absolute atomic E-state index is 0.293. The first-order chi connectivity index (χ1) is 10.1. The highest BCUT2D eigenvalue weighted by Crippen LogP contribution is 2.16. The molecule has 0 unspecified atom stereocenters. The Balaban J connectivity index is 2.03. The number of nitriles is 1. The summed E-state index contributed by atoms with van der Waals surface area (Å²) in [5, 5.41) is 11.7. The van der Waals surface area contributed by atoms with Gasteiger partial charge in [0.1, 0.15) is 11.8 Å². The molecule has 0 aromatic heterocycles. The fourth-order valence-electron chi connectivity index (χ4n) is 1.80. The molecule has 1 N–H and O–H groups in total. The summed E-state index contributed by atoms with van der Waals surface area (Å²) in [6.45, 7) is 3.66. The van der Waals surface area contributed by atoms with Gasteiger partial charge in [0.05, 0.1) is 11.3 Å². The molecule has 2 aromatic carbocycles. The Labute approximate surface area is 124 Å². The quantitative estimate of drug-likeness (QED) is 0.935. The minimum Gasteiger partial charge on any atom is -0.481 e. The molecule has 0 saturated carbocycles. The highest BCUT2D eigenvalue weighted by molar-refractivity contribution is 5.95. The van der Waals surface area contributed by atoms with E-state index in [1.165, 1.54) is 0 Å². The van der Waals surface area contributed by atoms with Gasteiger partial charge in [-0.1, -0.05) is 29.8 Å². The van der Waals surface area contributed by atoms with Crippen molar-refractivity contribution in [2.45, 2.75) is 20.0 Å². The van der Waals surface area contributed by atoms with Crippen LogP contribution >= 0.6 is 0 Å². The lowest BCUT2D eigenvalue weighted by Crippen LogP contribution is -2.30. The minimum atomic E-state index is -0.653. The Hall–Kier alpha value is -2.80. The van der Waals surface area contributed by atoms with Crippen LogP contribution in [0.25, 0.3) is 0 Å². The highest BCUT2D eigenvalue weighted by Gasteiger charge is 2.16. The van der Waals surface area contributed by atoms with Gasteiger partial charge in [0.15, 0.2) is 6.10 Å². The first-order valence-electron chi connectivity index (χ1n) is 6.63. The van der Waals surface area contributed by atoms with Gasteiger partial charge in [-0.3, -0.25) is 4.79 Å². The zero-order chi connectivity index (χ0) is 15.2. The van der Waals surface area contributed by atoms with Crippen LogP contribution in [0.2, 0.25) is 0 Å². The number of rotatable bonds is 4. The Bertz CT molecular complexity index is 672. The molecule has 0 aliphatic carbocycles. The van der Waals surface area contributed by atoms with E-state index in [-0.39, 0.29) is 5.91 Å². The number of hydrogen-bond acceptors (Lipinski definition) is 3. The summed E-state index contributed by atoms with van der Waals surface area (Å²) in [4.78, 5) is 12.1. The van der Waals surface area contributed by atoms with Gasteiger partial charge in [0, 0.05) is 0 Å².